The summed E-state index contributed by atoms with van der Waals surface area (Å²) in [7, 11) is -4.12. The van der Waals surface area contributed by atoms with E-state index in [1.54, 1.807) is 9.80 Å². The van der Waals surface area contributed by atoms with Crippen LogP contribution >= 0.6 is 0 Å². The Morgan fingerprint density at radius 2 is 1.57 bits per heavy atom. The van der Waals surface area contributed by atoms with Gasteiger partial charge < -0.3 is 9.80 Å². The number of alkyl halides is 6. The Morgan fingerprint density at radius 3 is 2.12 bits per heavy atom. The van der Waals surface area contributed by atoms with Crippen molar-refractivity contribution in [3.05, 3.63) is 53.7 Å². The molecule has 2 fully saturated rings. The van der Waals surface area contributed by atoms with E-state index >= 15 is 0 Å². The van der Waals surface area contributed by atoms with E-state index in [2.05, 4.69) is 9.71 Å². The fourth-order valence-corrected chi connectivity index (χ4v) is 6.74. The minimum atomic E-state index is -4.59. The van der Waals surface area contributed by atoms with Gasteiger partial charge in [-0.05, 0) is 61.6 Å². The molecule has 2 atom stereocenters. The minimum absolute atomic E-state index is 0.135. The van der Waals surface area contributed by atoms with E-state index in [1.165, 1.54) is 0 Å². The number of halogens is 6. The monoisotopic (exact) mass is 592 g/mol. The highest BCUT2D eigenvalue weighted by Crippen LogP contribution is 2.46. The van der Waals surface area contributed by atoms with Gasteiger partial charge in [-0.15, -0.1) is 0 Å². The van der Waals surface area contributed by atoms with Crippen molar-refractivity contribution in [1.29, 1.82) is 0 Å². The van der Waals surface area contributed by atoms with Gasteiger partial charge in [-0.3, -0.25) is 4.79 Å². The molecule has 220 valence electrons. The highest BCUT2D eigenvalue weighted by molar-refractivity contribution is 7.89. The molecule has 1 N–H and O–H groups in total. The first-order chi connectivity index (χ1) is 18.5. The highest BCUT2D eigenvalue weighted by Gasteiger charge is 2.50. The molecule has 1 saturated carbocycles. The molecule has 14 heteroatoms. The molecule has 1 aliphatic heterocycles. The number of anilines is 1. The zero-order valence-electron chi connectivity index (χ0n) is 21.9. The van der Waals surface area contributed by atoms with Crippen molar-refractivity contribution >= 4 is 21.7 Å². The molecule has 1 aliphatic carbocycles. The summed E-state index contributed by atoms with van der Waals surface area (Å²) in [5, 5.41) is 0. The van der Waals surface area contributed by atoms with Crippen LogP contribution in [-0.2, 0) is 27.2 Å². The van der Waals surface area contributed by atoms with Gasteiger partial charge in [0, 0.05) is 38.4 Å². The Bertz CT molecular complexity index is 1320. The second-order valence-corrected chi connectivity index (χ2v) is 12.3. The maximum Gasteiger partial charge on any atom is 0.416 e. The van der Waals surface area contributed by atoms with Gasteiger partial charge in [0.25, 0.3) is 0 Å². The third kappa shape index (κ3) is 6.22. The molecular formula is C26H30F6N4O3S. The number of nitrogens with zero attached hydrogens (tertiary/aromatic N) is 3. The van der Waals surface area contributed by atoms with Crippen LogP contribution in [0, 0.1) is 11.3 Å². The van der Waals surface area contributed by atoms with Crippen LogP contribution in [0.15, 0.2) is 47.5 Å². The van der Waals surface area contributed by atoms with Crippen LogP contribution in [-0.4, -0.2) is 56.4 Å². The molecule has 2 aromatic rings. The first-order valence-corrected chi connectivity index (χ1v) is 14.3. The van der Waals surface area contributed by atoms with Crippen molar-refractivity contribution in [2.45, 2.75) is 56.4 Å². The summed E-state index contributed by atoms with van der Waals surface area (Å²) in [6.45, 7) is 4.89. The zero-order chi connectivity index (χ0) is 29.5. The smallest absolute Gasteiger partial charge is 0.353 e. The lowest BCUT2D eigenvalue weighted by molar-refractivity contribution is -0.145. The number of sulfonamides is 1. The predicted octanol–water partition coefficient (Wildman–Crippen LogP) is 4.94. The molecule has 40 heavy (non-hydrogen) atoms. The van der Waals surface area contributed by atoms with Crippen molar-refractivity contribution in [3.8, 4) is 0 Å². The molecular weight excluding hydrogens is 562 g/mol. The van der Waals surface area contributed by atoms with Crippen LogP contribution in [0.2, 0.25) is 0 Å². The Balaban J connectivity index is 1.42. The zero-order valence-corrected chi connectivity index (χ0v) is 22.7. The Morgan fingerprint density at radius 1 is 0.975 bits per heavy atom. The molecule has 1 saturated heterocycles. The molecule has 4 rings (SSSR count). The molecule has 2 aliphatic rings. The molecule has 1 aromatic heterocycles. The molecule has 1 amide bonds. The van der Waals surface area contributed by atoms with Crippen LogP contribution in [0.1, 0.15) is 44.2 Å². The topological polar surface area (TPSA) is 82.6 Å². The summed E-state index contributed by atoms with van der Waals surface area (Å²) in [5.74, 6) is -0.0989. The van der Waals surface area contributed by atoms with Crippen LogP contribution in [0.5, 0.6) is 0 Å². The molecule has 0 radical (unpaired) electrons. The fourth-order valence-electron chi connectivity index (χ4n) is 5.47. The lowest BCUT2D eigenvalue weighted by atomic mass is 9.74. The third-order valence-corrected chi connectivity index (χ3v) is 9.39. The standard InChI is InChI=1S/C26H30F6N4O3S/c1-17(2)24(9-7-20(16-24)34-40(38,39)21-5-3-18(4-6-21)25(27,28)29)23(37)36-13-11-35(12-14-36)22-15-19(8-10-33-22)26(30,31)32/h3-6,8,10,15,17,20,34H,7,9,11-14,16H2,1-2H3. The number of rotatable bonds is 6. The van der Waals surface area contributed by atoms with Crippen LogP contribution in [0.3, 0.4) is 0 Å². The second kappa shape index (κ2) is 10.8. The van der Waals surface area contributed by atoms with E-state index < -0.39 is 45.0 Å². The Hall–Kier alpha value is -2.87. The molecule has 2 heterocycles. The summed E-state index contributed by atoms with van der Waals surface area (Å²) < 4.78 is 106. The second-order valence-electron chi connectivity index (χ2n) is 10.6. The number of aromatic nitrogens is 1. The first-order valence-electron chi connectivity index (χ1n) is 12.8. The first kappa shape index (κ1) is 30.1. The van der Waals surface area contributed by atoms with Gasteiger partial charge in [0.05, 0.1) is 21.4 Å². The van der Waals surface area contributed by atoms with Gasteiger partial charge in [-0.1, -0.05) is 13.8 Å². The molecule has 7 nitrogen and oxygen atoms in total. The maximum atomic E-state index is 13.8. The van der Waals surface area contributed by atoms with Gasteiger partial charge in [0.15, 0.2) is 0 Å². The van der Waals surface area contributed by atoms with Crippen LogP contribution in [0.25, 0.3) is 0 Å². The van der Waals surface area contributed by atoms with Crippen molar-refractivity contribution in [2.24, 2.45) is 11.3 Å². The van der Waals surface area contributed by atoms with Gasteiger partial charge in [0.1, 0.15) is 5.82 Å². The summed E-state index contributed by atoms with van der Waals surface area (Å²) in [6, 6.07) is 4.52. The number of hydrogen-bond acceptors (Lipinski definition) is 5. The van der Waals surface area contributed by atoms with Crippen LogP contribution in [0.4, 0.5) is 32.2 Å². The quantitative estimate of drug-likeness (QED) is 0.481. The van der Waals surface area contributed by atoms with Crippen molar-refractivity contribution < 1.29 is 39.6 Å². The number of carbonyl (C=O) groups is 1. The molecule has 2 unspecified atom stereocenters. The average Bonchev–Trinajstić information content (AvgIpc) is 3.32. The van der Waals surface area contributed by atoms with Gasteiger partial charge >= 0.3 is 12.4 Å². The third-order valence-electron chi connectivity index (χ3n) is 7.86. The molecule has 0 bridgehead atoms. The fraction of sp³-hybridized carbons (Fsp3) is 0.538. The van der Waals surface area contributed by atoms with Crippen molar-refractivity contribution in [2.75, 3.05) is 31.1 Å². The van der Waals surface area contributed by atoms with Crippen molar-refractivity contribution in [1.82, 2.24) is 14.6 Å². The molecule has 1 aromatic carbocycles. The minimum Gasteiger partial charge on any atom is -0.353 e. The summed E-state index contributed by atoms with van der Waals surface area (Å²) in [4.78, 5) is 20.9. The average molecular weight is 593 g/mol. The number of nitrogens with one attached hydrogen (secondary N) is 1. The molecule has 0 spiro atoms. The SMILES string of the molecule is CC(C)C1(C(=O)N2CCN(c3cc(C(F)(F)F)ccn3)CC2)CCC(NS(=O)(=O)c2ccc(C(F)(F)F)cc2)C1. The summed E-state index contributed by atoms with van der Waals surface area (Å²) in [5.41, 5.74) is -2.62. The Kier molecular flexibility index (Phi) is 8.16. The van der Waals surface area contributed by atoms with E-state index in [0.29, 0.717) is 25.0 Å². The summed E-state index contributed by atoms with van der Waals surface area (Å²) in [6.07, 6.45) is -6.97. The lowest BCUT2D eigenvalue weighted by Gasteiger charge is -2.42. The number of hydrogen-bond donors (Lipinski definition) is 1. The van der Waals surface area contributed by atoms with E-state index in [4.69, 9.17) is 0 Å². The van der Waals surface area contributed by atoms with E-state index in [-0.39, 0.29) is 55.1 Å². The normalized spacial score (nSPS) is 22.7. The van der Waals surface area contributed by atoms with Crippen molar-refractivity contribution in [3.63, 3.8) is 0 Å². The van der Waals surface area contributed by atoms with Gasteiger partial charge in [-0.25, -0.2) is 18.1 Å². The van der Waals surface area contributed by atoms with E-state index in [0.717, 1.165) is 30.5 Å². The number of pyridine rings is 1. The highest BCUT2D eigenvalue weighted by atomic mass is 32.2. The van der Waals surface area contributed by atoms with E-state index in [9.17, 15) is 39.6 Å². The number of amides is 1. The largest absolute Gasteiger partial charge is 0.416 e. The number of piperazine rings is 1. The van der Waals surface area contributed by atoms with E-state index in [1.807, 2.05) is 13.8 Å². The Labute approximate surface area is 228 Å². The number of benzene rings is 1. The summed E-state index contributed by atoms with van der Waals surface area (Å²) >= 11 is 0. The van der Waals surface area contributed by atoms with Gasteiger partial charge in [-0.2, -0.15) is 26.3 Å². The van der Waals surface area contributed by atoms with Gasteiger partial charge in [0.2, 0.25) is 15.9 Å². The predicted molar refractivity (Wildman–Crippen MR) is 135 cm³/mol. The lowest BCUT2D eigenvalue weighted by Crippen LogP contribution is -2.54. The number of carbonyl (C=O) groups excluding carboxylic acids is 1. The maximum absolute atomic E-state index is 13.8. The van der Waals surface area contributed by atoms with Crippen LogP contribution < -0.4 is 9.62 Å².